The molecule has 1 aromatic rings. The van der Waals surface area contributed by atoms with Gasteiger partial charge in [-0.15, -0.1) is 11.6 Å². The smallest absolute Gasteiger partial charge is 0.138 e. The molecule has 15 heavy (non-hydrogen) atoms. The Bertz CT molecular complexity index is 307. The van der Waals surface area contributed by atoms with Crippen LogP contribution in [0.3, 0.4) is 0 Å². The van der Waals surface area contributed by atoms with Crippen LogP contribution in [-0.4, -0.2) is 20.1 Å². The van der Waals surface area contributed by atoms with Gasteiger partial charge in [0.05, 0.1) is 0 Å². The van der Waals surface area contributed by atoms with Crippen LogP contribution in [0.25, 0.3) is 0 Å². The minimum Gasteiger partial charge on any atom is -0.250 e. The van der Waals surface area contributed by atoms with Crippen molar-refractivity contribution in [1.29, 1.82) is 0 Å². The second kappa shape index (κ2) is 4.97. The van der Waals surface area contributed by atoms with E-state index in [4.69, 9.17) is 11.6 Å². The van der Waals surface area contributed by atoms with Crippen LogP contribution in [0.15, 0.2) is 6.33 Å². The van der Waals surface area contributed by atoms with Crippen LogP contribution in [0.2, 0.25) is 0 Å². The van der Waals surface area contributed by atoms with Gasteiger partial charge < -0.3 is 0 Å². The summed E-state index contributed by atoms with van der Waals surface area (Å²) in [6.45, 7) is 3.00. The van der Waals surface area contributed by atoms with Crippen molar-refractivity contribution < 1.29 is 0 Å². The van der Waals surface area contributed by atoms with Gasteiger partial charge in [0.15, 0.2) is 0 Å². The molecule has 1 atom stereocenters. The van der Waals surface area contributed by atoms with Crippen molar-refractivity contribution in [2.45, 2.75) is 50.9 Å². The van der Waals surface area contributed by atoms with Crippen molar-refractivity contribution in [3.63, 3.8) is 0 Å². The van der Waals surface area contributed by atoms with Gasteiger partial charge >= 0.3 is 0 Å². The predicted octanol–water partition coefficient (Wildman–Crippen LogP) is 2.64. The summed E-state index contributed by atoms with van der Waals surface area (Å²) >= 11 is 6.25. The number of rotatable bonds is 6. The molecular formula is C11H18ClN3. The van der Waals surface area contributed by atoms with E-state index in [1.54, 1.807) is 6.33 Å². The second-order valence-electron chi connectivity index (χ2n) is 4.24. The maximum atomic E-state index is 6.25. The highest BCUT2D eigenvalue weighted by atomic mass is 35.5. The lowest BCUT2D eigenvalue weighted by molar-refractivity contribution is 0.576. The van der Waals surface area contributed by atoms with Crippen molar-refractivity contribution in [2.24, 2.45) is 5.92 Å². The van der Waals surface area contributed by atoms with E-state index in [1.807, 2.05) is 4.68 Å². The molecule has 1 fully saturated rings. The molecule has 1 unspecified atom stereocenters. The summed E-state index contributed by atoms with van der Waals surface area (Å²) in [5, 5.41) is 4.54. The number of halogens is 1. The summed E-state index contributed by atoms with van der Waals surface area (Å²) in [6.07, 6.45) is 7.55. The van der Waals surface area contributed by atoms with Gasteiger partial charge in [-0.2, -0.15) is 5.10 Å². The van der Waals surface area contributed by atoms with Gasteiger partial charge in [0.2, 0.25) is 0 Å². The van der Waals surface area contributed by atoms with Crippen molar-refractivity contribution >= 4 is 11.6 Å². The molecule has 0 aromatic carbocycles. The summed E-state index contributed by atoms with van der Waals surface area (Å²) < 4.78 is 1.96. The molecule has 0 saturated heterocycles. The zero-order valence-corrected chi connectivity index (χ0v) is 9.95. The molecule has 4 heteroatoms. The monoisotopic (exact) mass is 227 g/mol. The lowest BCUT2D eigenvalue weighted by Gasteiger charge is -2.07. The van der Waals surface area contributed by atoms with Gasteiger partial charge in [0.25, 0.3) is 0 Å². The van der Waals surface area contributed by atoms with Gasteiger partial charge in [-0.3, -0.25) is 4.68 Å². The first kappa shape index (κ1) is 10.9. The number of hydrogen-bond acceptors (Lipinski definition) is 2. The molecule has 3 nitrogen and oxygen atoms in total. The van der Waals surface area contributed by atoms with E-state index in [1.165, 1.54) is 12.8 Å². The molecule has 0 spiro atoms. The van der Waals surface area contributed by atoms with E-state index in [0.717, 1.165) is 37.5 Å². The minimum atomic E-state index is 0.392. The molecule has 0 aliphatic heterocycles. The lowest BCUT2D eigenvalue weighted by atomic mass is 10.1. The Morgan fingerprint density at radius 2 is 2.40 bits per heavy atom. The van der Waals surface area contributed by atoms with Gasteiger partial charge in [-0.1, -0.05) is 0 Å². The quantitative estimate of drug-likeness (QED) is 0.700. The van der Waals surface area contributed by atoms with E-state index in [-0.39, 0.29) is 0 Å². The summed E-state index contributed by atoms with van der Waals surface area (Å²) in [7, 11) is 0. The van der Waals surface area contributed by atoms with E-state index in [2.05, 4.69) is 17.0 Å². The number of aryl methyl sites for hydroxylation is 2. The Morgan fingerprint density at radius 3 is 3.07 bits per heavy atom. The topological polar surface area (TPSA) is 30.7 Å². The van der Waals surface area contributed by atoms with E-state index >= 15 is 0 Å². The number of nitrogens with zero attached hydrogens (tertiary/aromatic N) is 3. The zero-order chi connectivity index (χ0) is 10.7. The number of alkyl halides is 1. The third kappa shape index (κ3) is 2.94. The van der Waals surface area contributed by atoms with Gasteiger partial charge in [-0.25, -0.2) is 4.98 Å². The van der Waals surface area contributed by atoms with Gasteiger partial charge in [0, 0.05) is 18.3 Å². The van der Waals surface area contributed by atoms with Crippen molar-refractivity contribution in [2.75, 3.05) is 0 Å². The molecule has 0 amide bonds. The predicted molar refractivity (Wildman–Crippen MR) is 61.0 cm³/mol. The van der Waals surface area contributed by atoms with Crippen LogP contribution in [0.1, 0.15) is 38.4 Å². The Morgan fingerprint density at radius 1 is 1.60 bits per heavy atom. The van der Waals surface area contributed by atoms with E-state index in [9.17, 15) is 0 Å². The largest absolute Gasteiger partial charge is 0.250 e. The molecule has 84 valence electrons. The SMILES string of the molecule is CCn1ncnc1CCCC(Cl)C1CC1. The first-order valence-electron chi connectivity index (χ1n) is 5.82. The lowest BCUT2D eigenvalue weighted by Crippen LogP contribution is -2.06. The van der Waals surface area contributed by atoms with Crippen LogP contribution < -0.4 is 0 Å². The van der Waals surface area contributed by atoms with Gasteiger partial charge in [0.1, 0.15) is 12.2 Å². The third-order valence-electron chi connectivity index (χ3n) is 3.01. The van der Waals surface area contributed by atoms with E-state index in [0.29, 0.717) is 5.38 Å². The number of hydrogen-bond donors (Lipinski definition) is 0. The van der Waals surface area contributed by atoms with Gasteiger partial charge in [-0.05, 0) is 38.5 Å². The molecule has 1 saturated carbocycles. The molecule has 1 aliphatic rings. The number of aromatic nitrogens is 3. The zero-order valence-electron chi connectivity index (χ0n) is 9.19. The average molecular weight is 228 g/mol. The molecular weight excluding hydrogens is 210 g/mol. The fourth-order valence-electron chi connectivity index (χ4n) is 1.89. The van der Waals surface area contributed by atoms with Crippen LogP contribution in [-0.2, 0) is 13.0 Å². The highest BCUT2D eigenvalue weighted by molar-refractivity contribution is 6.20. The standard InChI is InChI=1S/C11H18ClN3/c1-2-15-11(13-8-14-15)5-3-4-10(12)9-6-7-9/h8-10H,2-7H2,1H3. The summed E-state index contributed by atoms with van der Waals surface area (Å²) in [6, 6.07) is 0. The highest BCUT2D eigenvalue weighted by Gasteiger charge is 2.29. The van der Waals surface area contributed by atoms with Crippen molar-refractivity contribution in [1.82, 2.24) is 14.8 Å². The Hall–Kier alpha value is -0.570. The van der Waals surface area contributed by atoms with Crippen LogP contribution in [0.4, 0.5) is 0 Å². The summed E-state index contributed by atoms with van der Waals surface area (Å²) in [5.41, 5.74) is 0. The Balaban J connectivity index is 1.72. The molecule has 0 radical (unpaired) electrons. The fraction of sp³-hybridized carbons (Fsp3) is 0.818. The minimum absolute atomic E-state index is 0.392. The summed E-state index contributed by atoms with van der Waals surface area (Å²) in [5.74, 6) is 1.90. The highest BCUT2D eigenvalue weighted by Crippen LogP contribution is 2.37. The molecule has 1 heterocycles. The first-order valence-corrected chi connectivity index (χ1v) is 6.25. The first-order chi connectivity index (χ1) is 7.31. The summed E-state index contributed by atoms with van der Waals surface area (Å²) in [4.78, 5) is 4.25. The van der Waals surface area contributed by atoms with Crippen molar-refractivity contribution in [3.05, 3.63) is 12.2 Å². The van der Waals surface area contributed by atoms with Crippen LogP contribution in [0, 0.1) is 5.92 Å². The molecule has 1 aliphatic carbocycles. The maximum Gasteiger partial charge on any atom is 0.138 e. The normalized spacial score (nSPS) is 18.0. The van der Waals surface area contributed by atoms with Crippen LogP contribution in [0.5, 0.6) is 0 Å². The molecule has 0 N–H and O–H groups in total. The molecule has 2 rings (SSSR count). The Kier molecular flexibility index (Phi) is 3.62. The maximum absolute atomic E-state index is 6.25. The second-order valence-corrected chi connectivity index (χ2v) is 4.80. The third-order valence-corrected chi connectivity index (χ3v) is 3.58. The van der Waals surface area contributed by atoms with Crippen molar-refractivity contribution in [3.8, 4) is 0 Å². The Labute approximate surface area is 95.8 Å². The fourth-order valence-corrected chi connectivity index (χ4v) is 2.30. The molecule has 1 aromatic heterocycles. The van der Waals surface area contributed by atoms with Crippen LogP contribution >= 0.6 is 11.6 Å². The van der Waals surface area contributed by atoms with E-state index < -0.39 is 0 Å². The molecule has 0 bridgehead atoms. The average Bonchev–Trinajstić information content (AvgIpc) is 2.99.